The summed E-state index contributed by atoms with van der Waals surface area (Å²) in [4.78, 5) is 30.6. The standard InChI is InChI=1S/C23H23N3O5/c1-29-19-10-11-23(30-2,31-19)15-25-21(27)18-13-17-9-6-12-24-20(17)26(22(18)28)14-16-7-4-3-5-8-16/h3-13,19H,14-15H2,1-2H3,(H,25,27)/t19-,23-/m0/s1. The second kappa shape index (κ2) is 8.81. The molecule has 8 heteroatoms. The summed E-state index contributed by atoms with van der Waals surface area (Å²) in [6, 6.07) is 14.7. The first-order valence-electron chi connectivity index (χ1n) is 9.81. The van der Waals surface area contributed by atoms with Gasteiger partial charge < -0.3 is 19.5 Å². The van der Waals surface area contributed by atoms with Crippen LogP contribution in [0.2, 0.25) is 0 Å². The molecular formula is C23H23N3O5. The fraction of sp³-hybridized carbons (Fsp3) is 0.261. The van der Waals surface area contributed by atoms with E-state index in [2.05, 4.69) is 10.3 Å². The number of methoxy groups -OCH3 is 2. The highest BCUT2D eigenvalue weighted by molar-refractivity contribution is 5.96. The molecule has 2 atom stereocenters. The largest absolute Gasteiger partial charge is 0.352 e. The van der Waals surface area contributed by atoms with Crippen LogP contribution in [0.4, 0.5) is 0 Å². The van der Waals surface area contributed by atoms with Crippen molar-refractivity contribution in [3.8, 4) is 0 Å². The van der Waals surface area contributed by atoms with E-state index in [9.17, 15) is 9.59 Å². The Morgan fingerprint density at radius 2 is 2.03 bits per heavy atom. The van der Waals surface area contributed by atoms with Crippen LogP contribution in [0.1, 0.15) is 15.9 Å². The van der Waals surface area contributed by atoms with Crippen LogP contribution in [-0.4, -0.2) is 48.3 Å². The molecule has 160 valence electrons. The highest BCUT2D eigenvalue weighted by atomic mass is 16.8. The number of aromatic nitrogens is 2. The summed E-state index contributed by atoms with van der Waals surface area (Å²) in [7, 11) is 2.99. The molecule has 2 aromatic heterocycles. The summed E-state index contributed by atoms with van der Waals surface area (Å²) >= 11 is 0. The van der Waals surface area contributed by atoms with Gasteiger partial charge in [0.05, 0.1) is 13.1 Å². The first kappa shape index (κ1) is 20.9. The van der Waals surface area contributed by atoms with Crippen molar-refractivity contribution in [1.82, 2.24) is 14.9 Å². The lowest BCUT2D eigenvalue weighted by Gasteiger charge is -2.27. The van der Waals surface area contributed by atoms with Crippen LogP contribution >= 0.6 is 0 Å². The van der Waals surface area contributed by atoms with Crippen molar-refractivity contribution in [2.24, 2.45) is 0 Å². The van der Waals surface area contributed by atoms with Crippen molar-refractivity contribution in [3.63, 3.8) is 0 Å². The number of benzene rings is 1. The molecule has 0 aliphatic carbocycles. The van der Waals surface area contributed by atoms with E-state index < -0.39 is 23.5 Å². The van der Waals surface area contributed by atoms with Gasteiger partial charge in [0.25, 0.3) is 11.5 Å². The number of carbonyl (C=O) groups is 1. The molecule has 31 heavy (non-hydrogen) atoms. The summed E-state index contributed by atoms with van der Waals surface area (Å²) < 4.78 is 17.7. The Morgan fingerprint density at radius 1 is 1.23 bits per heavy atom. The molecule has 1 amide bonds. The van der Waals surface area contributed by atoms with Crippen LogP contribution in [0.25, 0.3) is 11.0 Å². The highest BCUT2D eigenvalue weighted by Gasteiger charge is 2.36. The van der Waals surface area contributed by atoms with Crippen LogP contribution in [0.5, 0.6) is 0 Å². The molecule has 1 aromatic carbocycles. The molecule has 8 nitrogen and oxygen atoms in total. The molecule has 3 heterocycles. The maximum atomic E-state index is 13.2. The van der Waals surface area contributed by atoms with Crippen molar-refractivity contribution < 1.29 is 19.0 Å². The normalized spacial score (nSPS) is 20.3. The predicted molar refractivity (Wildman–Crippen MR) is 115 cm³/mol. The van der Waals surface area contributed by atoms with Gasteiger partial charge in [-0.2, -0.15) is 0 Å². The van der Waals surface area contributed by atoms with Crippen LogP contribution in [0, 0.1) is 0 Å². The van der Waals surface area contributed by atoms with Crippen LogP contribution in [0.15, 0.2) is 71.7 Å². The van der Waals surface area contributed by atoms with E-state index in [0.717, 1.165) is 5.56 Å². The Bertz CT molecular complexity index is 1170. The van der Waals surface area contributed by atoms with Gasteiger partial charge in [-0.15, -0.1) is 0 Å². The number of ether oxygens (including phenoxy) is 3. The van der Waals surface area contributed by atoms with Gasteiger partial charge in [0.15, 0.2) is 6.29 Å². The lowest BCUT2D eigenvalue weighted by atomic mass is 10.1. The lowest BCUT2D eigenvalue weighted by molar-refractivity contribution is -0.238. The first-order chi connectivity index (χ1) is 15.0. The molecule has 1 aliphatic heterocycles. The van der Waals surface area contributed by atoms with E-state index in [1.807, 2.05) is 36.4 Å². The molecule has 0 fully saturated rings. The van der Waals surface area contributed by atoms with Gasteiger partial charge in [0.1, 0.15) is 11.2 Å². The fourth-order valence-electron chi connectivity index (χ4n) is 3.50. The van der Waals surface area contributed by atoms with E-state index in [0.29, 0.717) is 17.6 Å². The highest BCUT2D eigenvalue weighted by Crippen LogP contribution is 2.24. The molecule has 0 saturated carbocycles. The molecular weight excluding hydrogens is 398 g/mol. The van der Waals surface area contributed by atoms with E-state index in [4.69, 9.17) is 14.2 Å². The fourth-order valence-corrected chi connectivity index (χ4v) is 3.50. The van der Waals surface area contributed by atoms with Crippen molar-refractivity contribution in [1.29, 1.82) is 0 Å². The second-order valence-electron chi connectivity index (χ2n) is 7.13. The number of amides is 1. The van der Waals surface area contributed by atoms with Gasteiger partial charge in [0, 0.05) is 25.8 Å². The Kier molecular flexibility index (Phi) is 5.94. The zero-order valence-corrected chi connectivity index (χ0v) is 17.3. The molecule has 3 aromatic rings. The molecule has 0 radical (unpaired) electrons. The number of hydrogen-bond acceptors (Lipinski definition) is 6. The third-order valence-corrected chi connectivity index (χ3v) is 5.17. The van der Waals surface area contributed by atoms with Crippen molar-refractivity contribution >= 4 is 16.9 Å². The molecule has 0 unspecified atom stereocenters. The minimum atomic E-state index is -1.15. The van der Waals surface area contributed by atoms with E-state index >= 15 is 0 Å². The smallest absolute Gasteiger partial charge is 0.265 e. The number of hydrogen-bond donors (Lipinski definition) is 1. The molecule has 0 bridgehead atoms. The number of carbonyl (C=O) groups excluding carboxylic acids is 1. The molecule has 1 N–H and O–H groups in total. The van der Waals surface area contributed by atoms with Crippen LogP contribution < -0.4 is 10.9 Å². The minimum Gasteiger partial charge on any atom is -0.352 e. The number of pyridine rings is 2. The van der Waals surface area contributed by atoms with Gasteiger partial charge in [0.2, 0.25) is 5.79 Å². The average Bonchev–Trinajstić information content (AvgIpc) is 3.24. The summed E-state index contributed by atoms with van der Waals surface area (Å²) in [5.74, 6) is -1.68. The summed E-state index contributed by atoms with van der Waals surface area (Å²) in [6.07, 6.45) is 4.44. The zero-order chi connectivity index (χ0) is 21.8. The van der Waals surface area contributed by atoms with Crippen molar-refractivity contribution in [3.05, 3.63) is 88.4 Å². The van der Waals surface area contributed by atoms with Gasteiger partial charge in [-0.3, -0.25) is 14.2 Å². The third kappa shape index (κ3) is 4.27. The zero-order valence-electron chi connectivity index (χ0n) is 17.3. The van der Waals surface area contributed by atoms with Gasteiger partial charge >= 0.3 is 0 Å². The maximum Gasteiger partial charge on any atom is 0.265 e. The van der Waals surface area contributed by atoms with Crippen molar-refractivity contribution in [2.75, 3.05) is 20.8 Å². The van der Waals surface area contributed by atoms with Gasteiger partial charge in [-0.25, -0.2) is 4.98 Å². The lowest BCUT2D eigenvalue weighted by Crippen LogP contribution is -2.45. The Balaban J connectivity index is 1.64. The monoisotopic (exact) mass is 421 g/mol. The second-order valence-corrected chi connectivity index (χ2v) is 7.13. The average molecular weight is 421 g/mol. The predicted octanol–water partition coefficient (Wildman–Crippen LogP) is 2.08. The number of rotatable bonds is 7. The van der Waals surface area contributed by atoms with Crippen LogP contribution in [-0.2, 0) is 20.8 Å². The first-order valence-corrected chi connectivity index (χ1v) is 9.81. The third-order valence-electron chi connectivity index (χ3n) is 5.17. The minimum absolute atomic E-state index is 0.0158. The Labute approximate surface area is 179 Å². The summed E-state index contributed by atoms with van der Waals surface area (Å²) in [6.45, 7) is 0.319. The van der Waals surface area contributed by atoms with Crippen LogP contribution in [0.3, 0.4) is 0 Å². The Hall–Kier alpha value is -3.33. The number of nitrogens with zero attached hydrogens (tertiary/aromatic N) is 2. The quantitative estimate of drug-likeness (QED) is 0.588. The molecule has 0 spiro atoms. The van der Waals surface area contributed by atoms with Crippen molar-refractivity contribution in [2.45, 2.75) is 18.6 Å². The SMILES string of the molecule is CO[C@@H]1C=C[C@](CNC(=O)c2cc3cccnc3n(Cc3ccccc3)c2=O)(OC)O1. The molecule has 0 saturated heterocycles. The number of fused-ring (bicyclic) bond motifs is 1. The van der Waals surface area contributed by atoms with E-state index in [-0.39, 0.29) is 12.1 Å². The summed E-state index contributed by atoms with van der Waals surface area (Å²) in [5, 5.41) is 3.44. The Morgan fingerprint density at radius 3 is 2.74 bits per heavy atom. The summed E-state index contributed by atoms with van der Waals surface area (Å²) in [5.41, 5.74) is 1.05. The maximum absolute atomic E-state index is 13.2. The van der Waals surface area contributed by atoms with Gasteiger partial charge in [-0.05, 0) is 35.9 Å². The van der Waals surface area contributed by atoms with Gasteiger partial charge in [-0.1, -0.05) is 30.3 Å². The number of nitrogens with one attached hydrogen (secondary N) is 1. The van der Waals surface area contributed by atoms with E-state index in [1.165, 1.54) is 18.8 Å². The molecule has 4 rings (SSSR count). The topological polar surface area (TPSA) is 91.7 Å². The molecule has 1 aliphatic rings. The van der Waals surface area contributed by atoms with E-state index in [1.54, 1.807) is 30.5 Å².